The van der Waals surface area contributed by atoms with Crippen LogP contribution in [0, 0.1) is 13.8 Å². The summed E-state index contributed by atoms with van der Waals surface area (Å²) in [5.41, 5.74) is 4.13. The van der Waals surface area contributed by atoms with Crippen LogP contribution in [0.3, 0.4) is 0 Å². The molecule has 3 unspecified atom stereocenters. The lowest BCUT2D eigenvalue weighted by molar-refractivity contribution is -0.439. The van der Waals surface area contributed by atoms with E-state index in [-0.39, 0.29) is 13.0 Å². The number of rotatable bonds is 8. The van der Waals surface area contributed by atoms with Crippen LogP contribution in [0.25, 0.3) is 27.1 Å². The quantitative estimate of drug-likeness (QED) is 0.211. The minimum absolute atomic E-state index is 0.245. The minimum atomic E-state index is -5.02. The highest BCUT2D eigenvalue weighted by atomic mass is 31.1. The van der Waals surface area contributed by atoms with Crippen molar-refractivity contribution in [2.75, 3.05) is 6.61 Å². The van der Waals surface area contributed by atoms with E-state index in [4.69, 9.17) is 9.26 Å². The molecular weight excluding hydrogens is 515 g/mol. The van der Waals surface area contributed by atoms with Crippen molar-refractivity contribution in [3.63, 3.8) is 0 Å². The van der Waals surface area contributed by atoms with Gasteiger partial charge in [0.2, 0.25) is 5.52 Å². The van der Waals surface area contributed by atoms with Crippen LogP contribution < -0.4 is 8.69 Å². The molecule has 10 heteroatoms. The van der Waals surface area contributed by atoms with Crippen LogP contribution in [0.4, 0.5) is 26.3 Å². The number of halogens is 6. The average Bonchev–Trinajstić information content (AvgIpc) is 3.11. The molecule has 0 saturated heterocycles. The summed E-state index contributed by atoms with van der Waals surface area (Å²) in [4.78, 5) is 0. The predicted molar refractivity (Wildman–Crippen MR) is 132 cm³/mol. The van der Waals surface area contributed by atoms with E-state index in [1.807, 2.05) is 43.3 Å². The monoisotopic (exact) mass is 542 g/mol. The molecule has 198 valence electrons. The molecule has 4 aromatic rings. The van der Waals surface area contributed by atoms with Crippen LogP contribution in [0.1, 0.15) is 30.9 Å². The maximum Gasteiger partial charge on any atom is 0.415 e. The lowest BCUT2D eigenvalue weighted by atomic mass is 10.1. The fraction of sp³-hybridized carbons (Fsp3) is 0.370. The van der Waals surface area contributed by atoms with E-state index in [0.717, 1.165) is 22.3 Å². The number of alkyl halides is 6. The molecule has 3 nitrogen and oxygen atoms in total. The fourth-order valence-electron chi connectivity index (χ4n) is 4.12. The summed E-state index contributed by atoms with van der Waals surface area (Å²) in [6.45, 7) is 5.04. The van der Waals surface area contributed by atoms with Gasteiger partial charge >= 0.3 is 12.4 Å². The number of hydrogen-bond acceptors (Lipinski definition) is 2. The van der Waals surface area contributed by atoms with Gasteiger partial charge in [0.25, 0.3) is 7.92 Å². The van der Waals surface area contributed by atoms with E-state index in [9.17, 15) is 26.3 Å². The molecule has 2 heterocycles. The molecular formula is C27H27F6NO2P+. The van der Waals surface area contributed by atoms with Gasteiger partial charge in [0.1, 0.15) is 0 Å². The third-order valence-electron chi connectivity index (χ3n) is 6.05. The van der Waals surface area contributed by atoms with Gasteiger partial charge in [0.05, 0.1) is 10.5 Å². The number of benzene rings is 2. The standard InChI is InChI=1S/C27H27F6NO2P/c1-4-13-35-24(26(28,29)30)15-25(27(31,32)33)36-37-23-14-18(3)7-11-21(23)22-12-10-20(16-34(22)37)19-8-5-17(2)6-9-19/h5-12,14,16,24-25H,4,13,15H2,1-3H3/q+1. The van der Waals surface area contributed by atoms with Crippen molar-refractivity contribution < 1.29 is 39.8 Å². The zero-order valence-electron chi connectivity index (χ0n) is 20.5. The number of pyridine rings is 1. The topological polar surface area (TPSA) is 22.6 Å². The smallest absolute Gasteiger partial charge is 0.369 e. The van der Waals surface area contributed by atoms with Crippen molar-refractivity contribution in [3.05, 3.63) is 71.9 Å². The Balaban J connectivity index is 1.84. The molecule has 2 aromatic heterocycles. The van der Waals surface area contributed by atoms with E-state index in [1.54, 1.807) is 42.4 Å². The second-order valence-electron chi connectivity index (χ2n) is 9.08. The summed E-state index contributed by atoms with van der Waals surface area (Å²) in [5.74, 6) is 0. The van der Waals surface area contributed by atoms with Crippen molar-refractivity contribution in [2.24, 2.45) is 0 Å². The van der Waals surface area contributed by atoms with Gasteiger partial charge in [0, 0.05) is 24.7 Å². The zero-order valence-corrected chi connectivity index (χ0v) is 21.4. The zero-order chi connectivity index (χ0) is 27.0. The number of ether oxygens (including phenoxy) is 1. The van der Waals surface area contributed by atoms with E-state index in [0.29, 0.717) is 16.0 Å². The summed E-state index contributed by atoms with van der Waals surface area (Å²) in [6, 6.07) is 16.7. The van der Waals surface area contributed by atoms with Gasteiger partial charge in [-0.25, -0.2) is 0 Å². The van der Waals surface area contributed by atoms with Crippen LogP contribution in [-0.2, 0) is 4.74 Å². The van der Waals surface area contributed by atoms with Gasteiger partial charge in [0.15, 0.2) is 18.4 Å². The Morgan fingerprint density at radius 3 is 2.05 bits per heavy atom. The third-order valence-corrected chi connectivity index (χ3v) is 8.01. The fourth-order valence-corrected chi connectivity index (χ4v) is 6.32. The summed E-state index contributed by atoms with van der Waals surface area (Å²) in [6.07, 6.45) is -14.7. The molecule has 0 amide bonds. The first-order valence-electron chi connectivity index (χ1n) is 11.8. The number of aryl methyl sites for hydroxylation is 2. The van der Waals surface area contributed by atoms with Gasteiger partial charge in [-0.15, -0.1) is 4.16 Å². The minimum Gasteiger partial charge on any atom is -0.369 e. The highest BCUT2D eigenvalue weighted by Gasteiger charge is 2.50. The molecule has 0 aliphatic rings. The van der Waals surface area contributed by atoms with Gasteiger partial charge in [-0.1, -0.05) is 42.8 Å². The maximum atomic E-state index is 14.1. The number of nitrogens with zero attached hydrogens (tertiary/aromatic N) is 1. The first kappa shape index (κ1) is 27.4. The molecule has 0 aliphatic carbocycles. The van der Waals surface area contributed by atoms with Gasteiger partial charge in [-0.05, 0) is 49.6 Å². The second kappa shape index (κ2) is 10.6. The Bertz CT molecular complexity index is 1380. The Labute approximate surface area is 211 Å². The number of fused-ring (bicyclic) bond motifs is 3. The Morgan fingerprint density at radius 2 is 1.43 bits per heavy atom. The van der Waals surface area contributed by atoms with E-state index < -0.39 is 38.9 Å². The van der Waals surface area contributed by atoms with E-state index in [2.05, 4.69) is 0 Å². The highest BCUT2D eigenvalue weighted by Crippen LogP contribution is 2.41. The van der Waals surface area contributed by atoms with Crippen molar-refractivity contribution in [1.82, 2.24) is 0 Å². The third kappa shape index (κ3) is 6.11. The number of hydrogen-bond donors (Lipinski definition) is 0. The predicted octanol–water partition coefficient (Wildman–Crippen LogP) is 7.96. The summed E-state index contributed by atoms with van der Waals surface area (Å²) in [7, 11) is -2.12. The molecule has 2 aromatic carbocycles. The van der Waals surface area contributed by atoms with Crippen LogP contribution in [0.5, 0.6) is 0 Å². The maximum absolute atomic E-state index is 14.1. The van der Waals surface area contributed by atoms with Gasteiger partial charge in [-0.2, -0.15) is 26.3 Å². The van der Waals surface area contributed by atoms with Gasteiger partial charge in [-0.3, -0.25) is 4.52 Å². The van der Waals surface area contributed by atoms with Crippen molar-refractivity contribution in [3.8, 4) is 11.1 Å². The number of aromatic nitrogens is 1. The molecule has 0 N–H and O–H groups in total. The van der Waals surface area contributed by atoms with Gasteiger partial charge < -0.3 is 4.74 Å². The Hall–Kier alpha value is -2.61. The molecule has 4 rings (SSSR count). The van der Waals surface area contributed by atoms with E-state index >= 15 is 0 Å². The summed E-state index contributed by atoms with van der Waals surface area (Å²) in [5, 5.41) is 1.23. The summed E-state index contributed by atoms with van der Waals surface area (Å²) < 4.78 is 95.0. The van der Waals surface area contributed by atoms with Crippen LogP contribution in [0.2, 0.25) is 0 Å². The Morgan fingerprint density at radius 1 is 0.811 bits per heavy atom. The molecule has 0 fully saturated rings. The molecule has 3 atom stereocenters. The molecule has 0 radical (unpaired) electrons. The van der Waals surface area contributed by atoms with Crippen molar-refractivity contribution in [1.29, 1.82) is 0 Å². The summed E-state index contributed by atoms with van der Waals surface area (Å²) >= 11 is 0. The molecule has 0 aliphatic heterocycles. The Kier molecular flexibility index (Phi) is 7.88. The average molecular weight is 542 g/mol. The molecule has 37 heavy (non-hydrogen) atoms. The first-order valence-corrected chi connectivity index (χ1v) is 13.1. The normalized spacial score (nSPS) is 14.9. The lowest BCUT2D eigenvalue weighted by Gasteiger charge is -2.26. The van der Waals surface area contributed by atoms with Crippen LogP contribution >= 0.6 is 7.92 Å². The second-order valence-corrected chi connectivity index (χ2v) is 10.7. The molecule has 0 bridgehead atoms. The SMILES string of the molecule is CCCOC(CC(Op1c2cc(C)ccc2c2ccc(-c3ccc(C)cc3)c[n+]21)C(F)(F)F)C(F)(F)F. The van der Waals surface area contributed by atoms with E-state index in [1.165, 1.54) is 0 Å². The van der Waals surface area contributed by atoms with Crippen molar-refractivity contribution in [2.45, 2.75) is 58.2 Å². The lowest BCUT2D eigenvalue weighted by Crippen LogP contribution is -2.43. The van der Waals surface area contributed by atoms with Crippen LogP contribution in [0.15, 0.2) is 60.8 Å². The molecule has 0 saturated carbocycles. The van der Waals surface area contributed by atoms with Crippen molar-refractivity contribution >= 4 is 23.9 Å². The highest BCUT2D eigenvalue weighted by molar-refractivity contribution is 7.44. The molecule has 0 spiro atoms. The first-order chi connectivity index (χ1) is 17.4. The van der Waals surface area contributed by atoms with Crippen LogP contribution in [-0.4, -0.2) is 31.2 Å². The largest absolute Gasteiger partial charge is 0.415 e.